The summed E-state index contributed by atoms with van der Waals surface area (Å²) in [5.41, 5.74) is -1.06. The topological polar surface area (TPSA) is 83.8 Å². The Hall–Kier alpha value is -2.04. The highest BCUT2D eigenvalue weighted by molar-refractivity contribution is 5.89. The molecule has 5 nitrogen and oxygen atoms in total. The zero-order chi connectivity index (χ0) is 12.6. The van der Waals surface area contributed by atoms with E-state index in [9.17, 15) is 14.7 Å². The lowest BCUT2D eigenvalue weighted by molar-refractivity contribution is -0.152. The van der Waals surface area contributed by atoms with E-state index in [-0.39, 0.29) is 0 Å². The Morgan fingerprint density at radius 1 is 1.35 bits per heavy atom. The van der Waals surface area contributed by atoms with Crippen molar-refractivity contribution < 1.29 is 24.5 Å². The molecular weight excluding hydrogens is 224 g/mol. The standard InChI is InChI=1S/C12H12O5/c1-7-12(11(15)16,6-10(13)14)8-4-2-3-5-9(8)17-7/h2-5,7H,6H2,1H3,(H,13,14)(H,15,16). The van der Waals surface area contributed by atoms with E-state index in [4.69, 9.17) is 9.84 Å². The second kappa shape index (κ2) is 3.76. The quantitative estimate of drug-likeness (QED) is 0.825. The highest BCUT2D eigenvalue weighted by Crippen LogP contribution is 2.45. The van der Waals surface area contributed by atoms with Crippen LogP contribution >= 0.6 is 0 Å². The fraction of sp³-hybridized carbons (Fsp3) is 0.333. The van der Waals surface area contributed by atoms with Gasteiger partial charge in [0, 0.05) is 5.56 Å². The first-order valence-electron chi connectivity index (χ1n) is 5.20. The molecule has 0 bridgehead atoms. The van der Waals surface area contributed by atoms with Gasteiger partial charge >= 0.3 is 11.9 Å². The molecule has 17 heavy (non-hydrogen) atoms. The number of rotatable bonds is 3. The first-order chi connectivity index (χ1) is 7.98. The van der Waals surface area contributed by atoms with Crippen LogP contribution in [-0.2, 0) is 15.0 Å². The van der Waals surface area contributed by atoms with Crippen LogP contribution < -0.4 is 4.74 Å². The average Bonchev–Trinajstić information content (AvgIpc) is 2.52. The highest BCUT2D eigenvalue weighted by Gasteiger charge is 2.54. The SMILES string of the molecule is CC1Oc2ccccc2C1(CC(=O)O)C(=O)O. The molecule has 0 fully saturated rings. The van der Waals surface area contributed by atoms with Crippen molar-refractivity contribution in [3.8, 4) is 5.75 Å². The second-order valence-electron chi connectivity index (χ2n) is 4.10. The first kappa shape index (κ1) is 11.4. The van der Waals surface area contributed by atoms with Crippen LogP contribution in [0.2, 0.25) is 0 Å². The minimum atomic E-state index is -1.50. The van der Waals surface area contributed by atoms with Gasteiger partial charge in [-0.25, -0.2) is 0 Å². The molecule has 5 heteroatoms. The van der Waals surface area contributed by atoms with Gasteiger partial charge < -0.3 is 14.9 Å². The molecule has 1 aliphatic rings. The van der Waals surface area contributed by atoms with Crippen LogP contribution in [0.4, 0.5) is 0 Å². The van der Waals surface area contributed by atoms with Crippen molar-refractivity contribution in [3.05, 3.63) is 29.8 Å². The van der Waals surface area contributed by atoms with Gasteiger partial charge in [0.15, 0.2) is 0 Å². The zero-order valence-corrected chi connectivity index (χ0v) is 9.21. The maximum Gasteiger partial charge on any atom is 0.318 e. The van der Waals surface area contributed by atoms with Gasteiger partial charge in [-0.1, -0.05) is 18.2 Å². The molecule has 2 rings (SSSR count). The average molecular weight is 236 g/mol. The van der Waals surface area contributed by atoms with Gasteiger partial charge in [-0.3, -0.25) is 9.59 Å². The third kappa shape index (κ3) is 1.54. The molecule has 1 heterocycles. The number of hydrogen-bond acceptors (Lipinski definition) is 3. The van der Waals surface area contributed by atoms with Crippen molar-refractivity contribution in [2.24, 2.45) is 0 Å². The molecule has 2 N–H and O–H groups in total. The van der Waals surface area contributed by atoms with Gasteiger partial charge in [-0.05, 0) is 13.0 Å². The molecule has 0 spiro atoms. The fourth-order valence-electron chi connectivity index (χ4n) is 2.29. The summed E-state index contributed by atoms with van der Waals surface area (Å²) in [5, 5.41) is 18.3. The molecule has 0 saturated heterocycles. The van der Waals surface area contributed by atoms with Gasteiger partial charge in [-0.15, -0.1) is 0 Å². The Balaban J connectivity index is 2.59. The summed E-state index contributed by atoms with van der Waals surface area (Å²) in [6.45, 7) is 1.58. The van der Waals surface area contributed by atoms with Gasteiger partial charge in [0.05, 0.1) is 6.42 Å². The molecule has 1 aromatic rings. The van der Waals surface area contributed by atoms with E-state index in [2.05, 4.69) is 0 Å². The summed E-state index contributed by atoms with van der Waals surface area (Å²) in [7, 11) is 0. The number of carboxylic acid groups (broad SMARTS) is 2. The molecule has 2 atom stereocenters. The largest absolute Gasteiger partial charge is 0.489 e. The van der Waals surface area contributed by atoms with Crippen LogP contribution in [0.3, 0.4) is 0 Å². The van der Waals surface area contributed by atoms with Crippen LogP contribution in [0.1, 0.15) is 18.9 Å². The van der Waals surface area contributed by atoms with Gasteiger partial charge in [-0.2, -0.15) is 0 Å². The van der Waals surface area contributed by atoms with Crippen LogP contribution in [0, 0.1) is 0 Å². The fourth-order valence-corrected chi connectivity index (χ4v) is 2.29. The molecule has 1 aliphatic heterocycles. The van der Waals surface area contributed by atoms with Crippen LogP contribution in [0.5, 0.6) is 5.75 Å². The molecule has 1 aromatic carbocycles. The third-order valence-electron chi connectivity index (χ3n) is 3.18. The van der Waals surface area contributed by atoms with Crippen LogP contribution in [0.15, 0.2) is 24.3 Å². The molecule has 0 aliphatic carbocycles. The van der Waals surface area contributed by atoms with E-state index in [1.165, 1.54) is 0 Å². The van der Waals surface area contributed by atoms with Crippen LogP contribution in [-0.4, -0.2) is 28.3 Å². The lowest BCUT2D eigenvalue weighted by Crippen LogP contribution is -2.45. The lowest BCUT2D eigenvalue weighted by Gasteiger charge is -2.25. The van der Waals surface area contributed by atoms with E-state index >= 15 is 0 Å². The van der Waals surface area contributed by atoms with E-state index in [1.807, 2.05) is 0 Å². The molecule has 90 valence electrons. The lowest BCUT2D eigenvalue weighted by atomic mass is 9.75. The number of carbonyl (C=O) groups is 2. The summed E-state index contributed by atoms with van der Waals surface area (Å²) in [6.07, 6.45) is -1.19. The number of aliphatic carboxylic acids is 2. The van der Waals surface area contributed by atoms with E-state index in [1.54, 1.807) is 31.2 Å². The molecule has 0 saturated carbocycles. The number of ether oxygens (including phenoxy) is 1. The smallest absolute Gasteiger partial charge is 0.318 e. The Morgan fingerprint density at radius 2 is 2.00 bits per heavy atom. The maximum atomic E-state index is 11.5. The van der Waals surface area contributed by atoms with Crippen molar-refractivity contribution in [1.29, 1.82) is 0 Å². The first-order valence-corrected chi connectivity index (χ1v) is 5.20. The van der Waals surface area contributed by atoms with Gasteiger partial charge in [0.2, 0.25) is 0 Å². The molecule has 0 radical (unpaired) electrons. The summed E-state index contributed by atoms with van der Waals surface area (Å²) in [5.74, 6) is -1.87. The maximum absolute atomic E-state index is 11.5. The summed E-state index contributed by atoms with van der Waals surface area (Å²) in [4.78, 5) is 22.4. The number of fused-ring (bicyclic) bond motifs is 1. The molecule has 0 aromatic heterocycles. The summed E-state index contributed by atoms with van der Waals surface area (Å²) < 4.78 is 5.44. The van der Waals surface area contributed by atoms with E-state index in [0.29, 0.717) is 11.3 Å². The third-order valence-corrected chi connectivity index (χ3v) is 3.18. The monoisotopic (exact) mass is 236 g/mol. The molecular formula is C12H12O5. The normalized spacial score (nSPS) is 26.1. The number of benzene rings is 1. The van der Waals surface area contributed by atoms with Gasteiger partial charge in [0.1, 0.15) is 17.3 Å². The number of para-hydroxylation sites is 1. The number of carboxylic acids is 2. The Labute approximate surface area is 97.6 Å². The predicted molar refractivity (Wildman–Crippen MR) is 58.1 cm³/mol. The van der Waals surface area contributed by atoms with Crippen molar-refractivity contribution in [1.82, 2.24) is 0 Å². The van der Waals surface area contributed by atoms with E-state index < -0.39 is 29.9 Å². The second-order valence-corrected chi connectivity index (χ2v) is 4.10. The Kier molecular flexibility index (Phi) is 2.53. The summed E-state index contributed by atoms with van der Waals surface area (Å²) >= 11 is 0. The molecule has 2 unspecified atom stereocenters. The minimum Gasteiger partial charge on any atom is -0.489 e. The minimum absolute atomic E-state index is 0.433. The van der Waals surface area contributed by atoms with Crippen LogP contribution in [0.25, 0.3) is 0 Å². The van der Waals surface area contributed by atoms with Crippen molar-refractivity contribution in [2.45, 2.75) is 24.9 Å². The number of hydrogen-bond donors (Lipinski definition) is 2. The van der Waals surface area contributed by atoms with Gasteiger partial charge in [0.25, 0.3) is 0 Å². The van der Waals surface area contributed by atoms with Crippen molar-refractivity contribution in [3.63, 3.8) is 0 Å². The highest BCUT2D eigenvalue weighted by atomic mass is 16.5. The van der Waals surface area contributed by atoms with Crippen molar-refractivity contribution >= 4 is 11.9 Å². The van der Waals surface area contributed by atoms with Crippen molar-refractivity contribution in [2.75, 3.05) is 0 Å². The predicted octanol–water partition coefficient (Wildman–Crippen LogP) is 1.26. The Bertz CT molecular complexity index is 482. The van der Waals surface area contributed by atoms with E-state index in [0.717, 1.165) is 0 Å². The molecule has 0 amide bonds. The zero-order valence-electron chi connectivity index (χ0n) is 9.21. The Morgan fingerprint density at radius 3 is 2.59 bits per heavy atom. The summed E-state index contributed by atoms with van der Waals surface area (Å²) in [6, 6.07) is 6.66.